The van der Waals surface area contributed by atoms with Gasteiger partial charge in [0.1, 0.15) is 0 Å². The molecule has 0 N–H and O–H groups in total. The highest BCUT2D eigenvalue weighted by atomic mass is 16.7. The molecule has 7 nitrogen and oxygen atoms in total. The van der Waals surface area contributed by atoms with E-state index in [4.69, 9.17) is 9.47 Å². The number of hydrogen-bond donors (Lipinski definition) is 0. The Morgan fingerprint density at radius 2 is 1.90 bits per heavy atom. The smallest absolute Gasteiger partial charge is 0.250 e. The van der Waals surface area contributed by atoms with Gasteiger partial charge in [-0.3, -0.25) is 0 Å². The molecule has 2 fully saturated rings. The summed E-state index contributed by atoms with van der Waals surface area (Å²) >= 11 is 0. The van der Waals surface area contributed by atoms with Gasteiger partial charge in [0, 0.05) is 13.0 Å². The maximum absolute atomic E-state index is 5.81. The van der Waals surface area contributed by atoms with E-state index in [2.05, 4.69) is 20.4 Å². The molecular formula is C14H17N5O2. The van der Waals surface area contributed by atoms with Crippen molar-refractivity contribution < 1.29 is 9.47 Å². The zero-order valence-corrected chi connectivity index (χ0v) is 11.7. The third-order valence-electron chi connectivity index (χ3n) is 3.97. The van der Waals surface area contributed by atoms with Crippen LogP contribution in [-0.2, 0) is 9.47 Å². The van der Waals surface area contributed by atoms with Crippen LogP contribution in [0.3, 0.4) is 0 Å². The van der Waals surface area contributed by atoms with Crippen molar-refractivity contribution in [2.24, 2.45) is 0 Å². The second-order valence-corrected chi connectivity index (χ2v) is 5.36. The van der Waals surface area contributed by atoms with E-state index in [1.54, 1.807) is 4.68 Å². The summed E-state index contributed by atoms with van der Waals surface area (Å²) in [4.78, 5) is 2.14. The normalized spacial score (nSPS) is 21.0. The average Bonchev–Trinajstić information content (AvgIpc) is 3.18. The lowest BCUT2D eigenvalue weighted by Crippen LogP contribution is -2.49. The summed E-state index contributed by atoms with van der Waals surface area (Å²) < 4.78 is 13.4. The molecule has 0 bridgehead atoms. The van der Waals surface area contributed by atoms with Gasteiger partial charge in [-0.1, -0.05) is 23.3 Å². The molecule has 1 spiro atoms. The first kappa shape index (κ1) is 12.7. The van der Waals surface area contributed by atoms with E-state index in [1.165, 1.54) is 0 Å². The van der Waals surface area contributed by atoms with Gasteiger partial charge in [-0.25, -0.2) is 0 Å². The first-order valence-corrected chi connectivity index (χ1v) is 7.23. The SMILES string of the molecule is c1ccc(-n2nnnc2N2CCCC3(C2)OCCO3)cc1. The van der Waals surface area contributed by atoms with Gasteiger partial charge in [0.15, 0.2) is 5.79 Å². The maximum atomic E-state index is 5.81. The van der Waals surface area contributed by atoms with Gasteiger partial charge < -0.3 is 14.4 Å². The molecule has 0 aliphatic carbocycles. The largest absolute Gasteiger partial charge is 0.346 e. The molecule has 0 atom stereocenters. The fourth-order valence-electron chi connectivity index (χ4n) is 3.01. The molecule has 1 aromatic carbocycles. The third kappa shape index (κ3) is 2.28. The highest BCUT2D eigenvalue weighted by Gasteiger charge is 2.42. The zero-order chi connectivity index (χ0) is 14.1. The summed E-state index contributed by atoms with van der Waals surface area (Å²) in [5.41, 5.74) is 0.949. The topological polar surface area (TPSA) is 65.3 Å². The first-order chi connectivity index (χ1) is 10.4. The molecule has 2 aliphatic heterocycles. The molecule has 3 heterocycles. The van der Waals surface area contributed by atoms with Crippen molar-refractivity contribution in [2.75, 3.05) is 31.2 Å². The zero-order valence-electron chi connectivity index (χ0n) is 11.7. The predicted molar refractivity (Wildman–Crippen MR) is 75.2 cm³/mol. The van der Waals surface area contributed by atoms with Crippen molar-refractivity contribution in [3.05, 3.63) is 30.3 Å². The molecule has 21 heavy (non-hydrogen) atoms. The van der Waals surface area contributed by atoms with Crippen LogP contribution in [0.1, 0.15) is 12.8 Å². The number of ether oxygens (including phenoxy) is 2. The van der Waals surface area contributed by atoms with Crippen molar-refractivity contribution in [2.45, 2.75) is 18.6 Å². The molecule has 4 rings (SSSR count). The molecule has 0 unspecified atom stereocenters. The minimum Gasteiger partial charge on any atom is -0.346 e. The van der Waals surface area contributed by atoms with Crippen LogP contribution in [0, 0.1) is 0 Å². The second-order valence-electron chi connectivity index (χ2n) is 5.36. The summed E-state index contributed by atoms with van der Waals surface area (Å²) in [5, 5.41) is 12.1. The van der Waals surface area contributed by atoms with E-state index in [1.807, 2.05) is 30.3 Å². The second kappa shape index (κ2) is 5.09. The summed E-state index contributed by atoms with van der Waals surface area (Å²) in [7, 11) is 0. The van der Waals surface area contributed by atoms with Gasteiger partial charge in [0.05, 0.1) is 25.4 Å². The fourth-order valence-corrected chi connectivity index (χ4v) is 3.01. The van der Waals surface area contributed by atoms with Gasteiger partial charge in [-0.15, -0.1) is 0 Å². The number of aromatic nitrogens is 4. The average molecular weight is 287 g/mol. The Balaban J connectivity index is 1.64. The summed E-state index contributed by atoms with van der Waals surface area (Å²) in [5.74, 6) is 0.255. The lowest BCUT2D eigenvalue weighted by Gasteiger charge is -2.38. The number of rotatable bonds is 2. The van der Waals surface area contributed by atoms with E-state index in [0.717, 1.165) is 31.0 Å². The lowest BCUT2D eigenvalue weighted by atomic mass is 10.1. The number of benzene rings is 1. The number of nitrogens with zero attached hydrogens (tertiary/aromatic N) is 5. The van der Waals surface area contributed by atoms with Gasteiger partial charge >= 0.3 is 0 Å². The van der Waals surface area contributed by atoms with Gasteiger partial charge in [-0.2, -0.15) is 4.68 Å². The number of hydrogen-bond acceptors (Lipinski definition) is 6. The molecule has 0 amide bonds. The predicted octanol–water partition coefficient (Wildman–Crippen LogP) is 1.01. The number of tetrazole rings is 1. The fraction of sp³-hybridized carbons (Fsp3) is 0.500. The number of anilines is 1. The van der Waals surface area contributed by atoms with Crippen LogP contribution in [0.4, 0.5) is 5.95 Å². The third-order valence-corrected chi connectivity index (χ3v) is 3.97. The van der Waals surface area contributed by atoms with Crippen molar-refractivity contribution in [3.63, 3.8) is 0 Å². The Morgan fingerprint density at radius 1 is 1.10 bits per heavy atom. The van der Waals surface area contributed by atoms with Crippen LogP contribution in [0.5, 0.6) is 0 Å². The molecule has 7 heteroatoms. The van der Waals surface area contributed by atoms with Crippen LogP contribution in [0.25, 0.3) is 5.69 Å². The van der Waals surface area contributed by atoms with E-state index in [0.29, 0.717) is 19.8 Å². The Hall–Kier alpha value is -1.99. The summed E-state index contributed by atoms with van der Waals surface area (Å²) in [6, 6.07) is 9.90. The molecule has 110 valence electrons. The van der Waals surface area contributed by atoms with Crippen LogP contribution in [-0.4, -0.2) is 52.3 Å². The summed E-state index contributed by atoms with van der Waals surface area (Å²) in [6.07, 6.45) is 1.93. The van der Waals surface area contributed by atoms with E-state index >= 15 is 0 Å². The molecule has 1 aromatic heterocycles. The van der Waals surface area contributed by atoms with Crippen molar-refractivity contribution in [3.8, 4) is 5.69 Å². The van der Waals surface area contributed by atoms with Crippen LogP contribution in [0.2, 0.25) is 0 Å². The molecule has 0 saturated carbocycles. The van der Waals surface area contributed by atoms with Crippen LogP contribution >= 0.6 is 0 Å². The van der Waals surface area contributed by atoms with Crippen LogP contribution in [0.15, 0.2) is 30.3 Å². The van der Waals surface area contributed by atoms with Gasteiger partial charge in [-0.05, 0) is 29.0 Å². The number of piperidine rings is 1. The molecule has 2 aliphatic rings. The van der Waals surface area contributed by atoms with E-state index in [-0.39, 0.29) is 0 Å². The molecule has 0 radical (unpaired) electrons. The Kier molecular flexibility index (Phi) is 3.08. The molecule has 2 aromatic rings. The quantitative estimate of drug-likeness (QED) is 0.821. The van der Waals surface area contributed by atoms with Crippen molar-refractivity contribution in [1.29, 1.82) is 0 Å². The van der Waals surface area contributed by atoms with Gasteiger partial charge in [0.2, 0.25) is 0 Å². The minimum atomic E-state index is -0.480. The first-order valence-electron chi connectivity index (χ1n) is 7.23. The van der Waals surface area contributed by atoms with Crippen LogP contribution < -0.4 is 4.90 Å². The van der Waals surface area contributed by atoms with E-state index < -0.39 is 5.79 Å². The monoisotopic (exact) mass is 287 g/mol. The standard InChI is InChI=1S/C14H17N5O2/c1-2-5-12(6-3-1)19-13(15-16-17-19)18-8-4-7-14(11-18)20-9-10-21-14/h1-3,5-6H,4,7-11H2. The van der Waals surface area contributed by atoms with E-state index in [9.17, 15) is 0 Å². The highest BCUT2D eigenvalue weighted by molar-refractivity contribution is 5.41. The Bertz CT molecular complexity index is 609. The lowest BCUT2D eigenvalue weighted by molar-refractivity contribution is -0.161. The Labute approximate surface area is 122 Å². The number of para-hydroxylation sites is 1. The van der Waals surface area contributed by atoms with Crippen molar-refractivity contribution >= 4 is 5.95 Å². The van der Waals surface area contributed by atoms with Crippen molar-refractivity contribution in [1.82, 2.24) is 20.2 Å². The summed E-state index contributed by atoms with van der Waals surface area (Å²) in [6.45, 7) is 2.90. The molecular weight excluding hydrogens is 270 g/mol. The highest BCUT2D eigenvalue weighted by Crippen LogP contribution is 2.32. The minimum absolute atomic E-state index is 0.480. The Morgan fingerprint density at radius 3 is 2.71 bits per heavy atom. The maximum Gasteiger partial charge on any atom is 0.250 e. The van der Waals surface area contributed by atoms with Gasteiger partial charge in [0.25, 0.3) is 5.95 Å². The molecule has 2 saturated heterocycles.